The Kier molecular flexibility index (Phi) is 5.95. The number of benzene rings is 1. The van der Waals surface area contributed by atoms with Crippen LogP contribution >= 0.6 is 11.6 Å². The zero-order valence-electron chi connectivity index (χ0n) is 11.9. The highest BCUT2D eigenvalue weighted by atomic mass is 35.5. The lowest BCUT2D eigenvalue weighted by Gasteiger charge is -2.23. The molecule has 1 aromatic carbocycles. The first-order chi connectivity index (χ1) is 9.74. The first kappa shape index (κ1) is 15.4. The largest absolute Gasteiger partial charge is 0.493 e. The molecule has 5 heteroatoms. The molecule has 1 saturated heterocycles. The summed E-state index contributed by atoms with van der Waals surface area (Å²) < 4.78 is 16.8. The van der Waals surface area contributed by atoms with Gasteiger partial charge < -0.3 is 19.9 Å². The van der Waals surface area contributed by atoms with Crippen molar-refractivity contribution in [2.45, 2.75) is 31.8 Å². The van der Waals surface area contributed by atoms with Crippen LogP contribution in [-0.4, -0.2) is 33.0 Å². The lowest BCUT2D eigenvalue weighted by atomic mass is 10.1. The van der Waals surface area contributed by atoms with E-state index in [1.165, 1.54) is 6.42 Å². The summed E-state index contributed by atoms with van der Waals surface area (Å²) in [6.07, 6.45) is 4.27. The van der Waals surface area contributed by atoms with E-state index in [1.807, 2.05) is 12.1 Å². The second-order valence-electron chi connectivity index (χ2n) is 4.95. The Hall–Kier alpha value is -0.970. The van der Waals surface area contributed by atoms with Crippen molar-refractivity contribution in [3.63, 3.8) is 0 Å². The van der Waals surface area contributed by atoms with E-state index in [-0.39, 0.29) is 6.10 Å². The number of nitrogens with two attached hydrogens (primary N) is 1. The van der Waals surface area contributed by atoms with Crippen LogP contribution in [0.25, 0.3) is 0 Å². The summed E-state index contributed by atoms with van der Waals surface area (Å²) in [5.41, 5.74) is 6.62. The fourth-order valence-electron chi connectivity index (χ4n) is 2.34. The Morgan fingerprint density at radius 3 is 2.90 bits per heavy atom. The van der Waals surface area contributed by atoms with Crippen LogP contribution in [0.2, 0.25) is 5.02 Å². The molecule has 2 rings (SSSR count). The molecule has 0 amide bonds. The molecule has 1 atom stereocenters. The smallest absolute Gasteiger partial charge is 0.179 e. The van der Waals surface area contributed by atoms with E-state index < -0.39 is 0 Å². The molecule has 2 N–H and O–H groups in total. The van der Waals surface area contributed by atoms with Crippen molar-refractivity contribution in [2.75, 3.05) is 26.9 Å². The molecule has 1 aliphatic rings. The average Bonchev–Trinajstić information content (AvgIpc) is 2.47. The van der Waals surface area contributed by atoms with E-state index >= 15 is 0 Å². The summed E-state index contributed by atoms with van der Waals surface area (Å²) in [5, 5.41) is 0.559. The fraction of sp³-hybridized carbons (Fsp3) is 0.600. The molecule has 0 spiro atoms. The molecule has 0 aliphatic carbocycles. The zero-order valence-corrected chi connectivity index (χ0v) is 12.6. The molecule has 1 heterocycles. The molecule has 1 aliphatic heterocycles. The number of methoxy groups -OCH3 is 1. The minimum Gasteiger partial charge on any atom is -0.493 e. The molecular weight excluding hydrogens is 278 g/mol. The minimum atomic E-state index is 0.147. The van der Waals surface area contributed by atoms with Gasteiger partial charge in [-0.25, -0.2) is 0 Å². The van der Waals surface area contributed by atoms with Crippen LogP contribution in [0.1, 0.15) is 24.8 Å². The Balaban J connectivity index is 2.05. The lowest BCUT2D eigenvalue weighted by molar-refractivity contribution is -0.0114. The predicted octanol–water partition coefficient (Wildman–Crippen LogP) is 2.80. The van der Waals surface area contributed by atoms with Gasteiger partial charge in [-0.2, -0.15) is 0 Å². The molecule has 0 bridgehead atoms. The highest BCUT2D eigenvalue weighted by molar-refractivity contribution is 6.32. The van der Waals surface area contributed by atoms with Gasteiger partial charge in [-0.3, -0.25) is 0 Å². The quantitative estimate of drug-likeness (QED) is 0.877. The number of halogens is 1. The van der Waals surface area contributed by atoms with Crippen LogP contribution < -0.4 is 15.2 Å². The summed E-state index contributed by atoms with van der Waals surface area (Å²) in [4.78, 5) is 0. The van der Waals surface area contributed by atoms with E-state index in [4.69, 9.17) is 31.5 Å². The van der Waals surface area contributed by atoms with E-state index in [1.54, 1.807) is 7.11 Å². The number of ether oxygens (including phenoxy) is 3. The molecule has 0 radical (unpaired) electrons. The lowest BCUT2D eigenvalue weighted by Crippen LogP contribution is -2.26. The summed E-state index contributed by atoms with van der Waals surface area (Å²) in [7, 11) is 1.61. The Bertz CT molecular complexity index is 433. The molecule has 1 aromatic rings. The summed E-state index contributed by atoms with van der Waals surface area (Å²) in [5.74, 6) is 1.24. The second-order valence-corrected chi connectivity index (χ2v) is 5.35. The third-order valence-corrected chi connectivity index (χ3v) is 3.69. The Morgan fingerprint density at radius 1 is 1.40 bits per heavy atom. The summed E-state index contributed by atoms with van der Waals surface area (Å²) in [6.45, 7) is 1.90. The maximum Gasteiger partial charge on any atom is 0.179 e. The molecular formula is C15H22ClNO3. The van der Waals surface area contributed by atoms with Crippen molar-refractivity contribution in [1.29, 1.82) is 0 Å². The standard InChI is InChI=1S/C15H22ClNO3/c1-18-14-9-11(5-6-17)8-13(16)15(14)20-10-12-4-2-3-7-19-12/h8-9,12H,2-7,10,17H2,1H3. The molecule has 1 fully saturated rings. The van der Waals surface area contributed by atoms with Gasteiger partial charge in [0.2, 0.25) is 0 Å². The van der Waals surface area contributed by atoms with Gasteiger partial charge in [0.1, 0.15) is 6.61 Å². The van der Waals surface area contributed by atoms with Gasteiger partial charge >= 0.3 is 0 Å². The van der Waals surface area contributed by atoms with Gasteiger partial charge in [0.25, 0.3) is 0 Å². The van der Waals surface area contributed by atoms with E-state index in [0.717, 1.165) is 31.4 Å². The molecule has 0 saturated carbocycles. The number of hydrogen-bond donors (Lipinski definition) is 1. The predicted molar refractivity (Wildman–Crippen MR) is 79.8 cm³/mol. The van der Waals surface area contributed by atoms with Crippen molar-refractivity contribution in [3.8, 4) is 11.5 Å². The van der Waals surface area contributed by atoms with Crippen LogP contribution in [0.4, 0.5) is 0 Å². The zero-order chi connectivity index (χ0) is 14.4. The van der Waals surface area contributed by atoms with Crippen LogP contribution in [-0.2, 0) is 11.2 Å². The molecule has 1 unspecified atom stereocenters. The minimum absolute atomic E-state index is 0.147. The topological polar surface area (TPSA) is 53.7 Å². The van der Waals surface area contributed by atoms with Gasteiger partial charge in [-0.05, 0) is 49.9 Å². The van der Waals surface area contributed by atoms with Crippen LogP contribution in [0, 0.1) is 0 Å². The second kappa shape index (κ2) is 7.72. The monoisotopic (exact) mass is 299 g/mol. The van der Waals surface area contributed by atoms with E-state index in [9.17, 15) is 0 Å². The summed E-state index contributed by atoms with van der Waals surface area (Å²) >= 11 is 6.28. The van der Waals surface area contributed by atoms with Crippen LogP contribution in [0.3, 0.4) is 0 Å². The Labute approximate surface area is 125 Å². The Morgan fingerprint density at radius 2 is 2.25 bits per heavy atom. The van der Waals surface area contributed by atoms with Crippen LogP contribution in [0.15, 0.2) is 12.1 Å². The maximum absolute atomic E-state index is 6.28. The normalized spacial score (nSPS) is 18.9. The third-order valence-electron chi connectivity index (χ3n) is 3.41. The van der Waals surface area contributed by atoms with Crippen molar-refractivity contribution in [1.82, 2.24) is 0 Å². The van der Waals surface area contributed by atoms with Crippen molar-refractivity contribution in [3.05, 3.63) is 22.7 Å². The van der Waals surface area contributed by atoms with Gasteiger partial charge in [-0.15, -0.1) is 0 Å². The van der Waals surface area contributed by atoms with Gasteiger partial charge in [0, 0.05) is 6.61 Å². The van der Waals surface area contributed by atoms with Crippen molar-refractivity contribution >= 4 is 11.6 Å². The van der Waals surface area contributed by atoms with E-state index in [2.05, 4.69) is 0 Å². The number of rotatable bonds is 6. The average molecular weight is 300 g/mol. The molecule has 4 nitrogen and oxygen atoms in total. The number of hydrogen-bond acceptors (Lipinski definition) is 4. The highest BCUT2D eigenvalue weighted by Crippen LogP contribution is 2.36. The van der Waals surface area contributed by atoms with Crippen molar-refractivity contribution in [2.24, 2.45) is 5.73 Å². The molecule has 20 heavy (non-hydrogen) atoms. The third kappa shape index (κ3) is 4.01. The maximum atomic E-state index is 6.28. The summed E-state index contributed by atoms with van der Waals surface area (Å²) in [6, 6.07) is 3.81. The van der Waals surface area contributed by atoms with Gasteiger partial charge in [-0.1, -0.05) is 11.6 Å². The SMILES string of the molecule is COc1cc(CCN)cc(Cl)c1OCC1CCCCO1. The van der Waals surface area contributed by atoms with Crippen molar-refractivity contribution < 1.29 is 14.2 Å². The highest BCUT2D eigenvalue weighted by Gasteiger charge is 2.17. The van der Waals surface area contributed by atoms with Crippen LogP contribution in [0.5, 0.6) is 11.5 Å². The fourth-order valence-corrected chi connectivity index (χ4v) is 2.63. The molecule has 112 valence electrons. The van der Waals surface area contributed by atoms with Gasteiger partial charge in [0.15, 0.2) is 11.5 Å². The first-order valence-corrected chi connectivity index (χ1v) is 7.43. The van der Waals surface area contributed by atoms with Gasteiger partial charge in [0.05, 0.1) is 18.2 Å². The van der Waals surface area contributed by atoms with E-state index in [0.29, 0.717) is 29.7 Å². The molecule has 0 aromatic heterocycles. The first-order valence-electron chi connectivity index (χ1n) is 7.05.